The maximum Gasteiger partial charge on any atom is 0.120 e. The lowest BCUT2D eigenvalue weighted by Crippen LogP contribution is -2.23. The third-order valence-corrected chi connectivity index (χ3v) is 3.74. The lowest BCUT2D eigenvalue weighted by atomic mass is 9.70. The van der Waals surface area contributed by atoms with Crippen LogP contribution in [0.25, 0.3) is 0 Å². The minimum Gasteiger partial charge on any atom is -0.303 e. The van der Waals surface area contributed by atoms with Gasteiger partial charge in [0, 0.05) is 6.42 Å². The van der Waals surface area contributed by atoms with Crippen molar-refractivity contribution in [2.75, 3.05) is 0 Å². The van der Waals surface area contributed by atoms with Crippen molar-refractivity contribution in [1.29, 1.82) is 0 Å². The standard InChI is InChI=1S/C14H24O/c1-11-10-13(14(2,3)4)8-7-12(11)6-5-9-15/h9,13H,5-8,10H2,1-4H3/t13-/m0/s1. The minimum absolute atomic E-state index is 0.428. The van der Waals surface area contributed by atoms with Gasteiger partial charge in [0.1, 0.15) is 6.29 Å². The molecule has 1 heteroatoms. The lowest BCUT2D eigenvalue weighted by molar-refractivity contribution is -0.107. The van der Waals surface area contributed by atoms with Crippen LogP contribution in [-0.4, -0.2) is 6.29 Å². The predicted octanol–water partition coefficient (Wildman–Crippen LogP) is 4.13. The molecule has 1 aliphatic carbocycles. The second-order valence-electron chi connectivity index (χ2n) is 5.89. The molecule has 15 heavy (non-hydrogen) atoms. The number of hydrogen-bond acceptors (Lipinski definition) is 1. The first-order chi connectivity index (χ1) is 6.95. The van der Waals surface area contributed by atoms with Crippen molar-refractivity contribution in [2.24, 2.45) is 11.3 Å². The van der Waals surface area contributed by atoms with Crippen molar-refractivity contribution in [3.05, 3.63) is 11.1 Å². The molecule has 0 aromatic heterocycles. The quantitative estimate of drug-likeness (QED) is 0.503. The third-order valence-electron chi connectivity index (χ3n) is 3.74. The van der Waals surface area contributed by atoms with Crippen LogP contribution < -0.4 is 0 Å². The molecule has 1 atom stereocenters. The molecule has 1 rings (SSSR count). The molecule has 0 aromatic carbocycles. The van der Waals surface area contributed by atoms with Gasteiger partial charge in [0.05, 0.1) is 0 Å². The Bertz CT molecular complexity index is 255. The van der Waals surface area contributed by atoms with E-state index in [1.807, 2.05) is 0 Å². The van der Waals surface area contributed by atoms with Crippen LogP contribution in [0.3, 0.4) is 0 Å². The number of rotatable bonds is 3. The van der Waals surface area contributed by atoms with E-state index in [-0.39, 0.29) is 0 Å². The molecule has 0 N–H and O–H groups in total. The van der Waals surface area contributed by atoms with E-state index < -0.39 is 0 Å². The first kappa shape index (κ1) is 12.5. The summed E-state index contributed by atoms with van der Waals surface area (Å²) in [6, 6.07) is 0. The number of allylic oxidation sites excluding steroid dienone is 2. The Morgan fingerprint density at radius 1 is 1.40 bits per heavy atom. The number of carbonyl (C=O) groups excluding carboxylic acids is 1. The summed E-state index contributed by atoms with van der Waals surface area (Å²) in [5, 5.41) is 0. The number of hydrogen-bond donors (Lipinski definition) is 0. The van der Waals surface area contributed by atoms with Gasteiger partial charge in [-0.15, -0.1) is 0 Å². The van der Waals surface area contributed by atoms with Crippen molar-refractivity contribution < 1.29 is 4.79 Å². The monoisotopic (exact) mass is 208 g/mol. The molecule has 0 spiro atoms. The lowest BCUT2D eigenvalue weighted by Gasteiger charge is -2.35. The molecule has 0 radical (unpaired) electrons. The van der Waals surface area contributed by atoms with Crippen LogP contribution in [0.15, 0.2) is 11.1 Å². The molecule has 1 aliphatic rings. The molecular formula is C14H24O. The first-order valence-electron chi connectivity index (χ1n) is 6.06. The largest absolute Gasteiger partial charge is 0.303 e. The molecule has 86 valence electrons. The summed E-state index contributed by atoms with van der Waals surface area (Å²) in [5.74, 6) is 0.817. The molecule has 0 bridgehead atoms. The van der Waals surface area contributed by atoms with E-state index in [2.05, 4.69) is 27.7 Å². The molecule has 0 heterocycles. The van der Waals surface area contributed by atoms with Crippen LogP contribution in [0.5, 0.6) is 0 Å². The van der Waals surface area contributed by atoms with Gasteiger partial charge in [-0.25, -0.2) is 0 Å². The summed E-state index contributed by atoms with van der Waals surface area (Å²) >= 11 is 0. The van der Waals surface area contributed by atoms with E-state index in [4.69, 9.17) is 0 Å². The maximum atomic E-state index is 10.4. The highest BCUT2D eigenvalue weighted by Gasteiger charge is 2.28. The molecule has 0 aromatic rings. The van der Waals surface area contributed by atoms with Gasteiger partial charge in [0.25, 0.3) is 0 Å². The summed E-state index contributed by atoms with van der Waals surface area (Å²) < 4.78 is 0. The highest BCUT2D eigenvalue weighted by Crippen LogP contribution is 2.40. The van der Waals surface area contributed by atoms with Crippen LogP contribution in [0, 0.1) is 11.3 Å². The van der Waals surface area contributed by atoms with Crippen molar-refractivity contribution in [2.45, 2.75) is 59.8 Å². The van der Waals surface area contributed by atoms with Gasteiger partial charge >= 0.3 is 0 Å². The van der Waals surface area contributed by atoms with E-state index in [0.29, 0.717) is 11.8 Å². The van der Waals surface area contributed by atoms with Gasteiger partial charge in [-0.3, -0.25) is 0 Å². The van der Waals surface area contributed by atoms with E-state index >= 15 is 0 Å². The normalized spacial score (nSPS) is 23.1. The van der Waals surface area contributed by atoms with Gasteiger partial charge in [-0.2, -0.15) is 0 Å². The minimum atomic E-state index is 0.428. The topological polar surface area (TPSA) is 17.1 Å². The zero-order valence-electron chi connectivity index (χ0n) is 10.6. The van der Waals surface area contributed by atoms with Crippen LogP contribution in [-0.2, 0) is 4.79 Å². The van der Waals surface area contributed by atoms with Crippen molar-refractivity contribution in [3.63, 3.8) is 0 Å². The molecule has 0 saturated carbocycles. The summed E-state index contributed by atoms with van der Waals surface area (Å²) in [7, 11) is 0. The molecular weight excluding hydrogens is 184 g/mol. The van der Waals surface area contributed by atoms with Gasteiger partial charge in [-0.05, 0) is 43.9 Å². The summed E-state index contributed by atoms with van der Waals surface area (Å²) in [5.41, 5.74) is 3.52. The fourth-order valence-electron chi connectivity index (χ4n) is 2.49. The Balaban J connectivity index is 2.61. The molecule has 0 saturated heterocycles. The number of carbonyl (C=O) groups is 1. The van der Waals surface area contributed by atoms with E-state index in [9.17, 15) is 4.79 Å². The average molecular weight is 208 g/mol. The maximum absolute atomic E-state index is 10.4. The van der Waals surface area contributed by atoms with Crippen LogP contribution >= 0.6 is 0 Å². The SMILES string of the molecule is CC1=C(CCC=O)CC[C@H](C(C)(C)C)C1. The highest BCUT2D eigenvalue weighted by atomic mass is 16.1. The fourth-order valence-corrected chi connectivity index (χ4v) is 2.49. The molecule has 0 unspecified atom stereocenters. The smallest absolute Gasteiger partial charge is 0.120 e. The second-order valence-corrected chi connectivity index (χ2v) is 5.89. The Labute approximate surface area is 93.9 Å². The Hall–Kier alpha value is -0.590. The molecule has 0 amide bonds. The fraction of sp³-hybridized carbons (Fsp3) is 0.786. The van der Waals surface area contributed by atoms with Gasteiger partial charge in [0.2, 0.25) is 0 Å². The summed E-state index contributed by atoms with van der Waals surface area (Å²) in [6.07, 6.45) is 6.48. The van der Waals surface area contributed by atoms with E-state index in [0.717, 1.165) is 18.6 Å². The van der Waals surface area contributed by atoms with Crippen LogP contribution in [0.2, 0.25) is 0 Å². The van der Waals surface area contributed by atoms with Gasteiger partial charge in [0.15, 0.2) is 0 Å². The Kier molecular flexibility index (Phi) is 4.12. The summed E-state index contributed by atoms with van der Waals surface area (Å²) in [4.78, 5) is 10.4. The van der Waals surface area contributed by atoms with Crippen LogP contribution in [0.4, 0.5) is 0 Å². The average Bonchev–Trinajstić information content (AvgIpc) is 2.14. The zero-order valence-corrected chi connectivity index (χ0v) is 10.6. The van der Waals surface area contributed by atoms with Gasteiger partial charge in [-0.1, -0.05) is 31.9 Å². The van der Waals surface area contributed by atoms with Crippen LogP contribution in [0.1, 0.15) is 59.8 Å². The number of aldehydes is 1. The molecule has 0 fully saturated rings. The second kappa shape index (κ2) is 4.96. The Morgan fingerprint density at radius 3 is 2.53 bits per heavy atom. The Morgan fingerprint density at radius 2 is 2.07 bits per heavy atom. The predicted molar refractivity (Wildman–Crippen MR) is 64.8 cm³/mol. The highest BCUT2D eigenvalue weighted by molar-refractivity contribution is 5.50. The van der Waals surface area contributed by atoms with Crippen molar-refractivity contribution in [3.8, 4) is 0 Å². The van der Waals surface area contributed by atoms with Crippen molar-refractivity contribution in [1.82, 2.24) is 0 Å². The third kappa shape index (κ3) is 3.48. The van der Waals surface area contributed by atoms with Gasteiger partial charge < -0.3 is 4.79 Å². The first-order valence-corrected chi connectivity index (χ1v) is 6.06. The molecule has 1 nitrogen and oxygen atoms in total. The zero-order chi connectivity index (χ0) is 11.5. The van der Waals surface area contributed by atoms with Crippen molar-refractivity contribution >= 4 is 6.29 Å². The summed E-state index contributed by atoms with van der Waals surface area (Å²) in [6.45, 7) is 9.25. The molecule has 0 aliphatic heterocycles. The van der Waals surface area contributed by atoms with E-state index in [1.165, 1.54) is 19.3 Å². The van der Waals surface area contributed by atoms with E-state index in [1.54, 1.807) is 11.1 Å².